The molecule has 4 heteroatoms. The van der Waals surface area contributed by atoms with Crippen LogP contribution in [0.5, 0.6) is 0 Å². The Balaban J connectivity index is 1.98. The number of nitrogens with zero attached hydrogens (tertiary/aromatic N) is 2. The van der Waals surface area contributed by atoms with Crippen LogP contribution in [0.1, 0.15) is 12.0 Å². The average Bonchev–Trinajstić information content (AvgIpc) is 2.64. The second kappa shape index (κ2) is 5.99. The van der Waals surface area contributed by atoms with Gasteiger partial charge in [-0.15, -0.1) is 0 Å². The molecule has 0 spiro atoms. The Labute approximate surface area is 126 Å². The molecule has 0 amide bonds. The van der Waals surface area contributed by atoms with Crippen LogP contribution in [0, 0.1) is 0 Å². The van der Waals surface area contributed by atoms with Crippen molar-refractivity contribution in [3.05, 3.63) is 34.3 Å². The number of rotatable bonds is 3. The second-order valence-electron chi connectivity index (χ2n) is 4.79. The van der Waals surface area contributed by atoms with Gasteiger partial charge in [-0.05, 0) is 38.2 Å². The van der Waals surface area contributed by atoms with Gasteiger partial charge in [0.15, 0.2) is 0 Å². The number of hydrogen-bond acceptors (Lipinski definition) is 2. The Morgan fingerprint density at radius 2 is 2.00 bits per heavy atom. The summed E-state index contributed by atoms with van der Waals surface area (Å²) < 4.78 is 1.77. The minimum absolute atomic E-state index is 0.617. The highest BCUT2D eigenvalue weighted by molar-refractivity contribution is 14.1. The summed E-state index contributed by atoms with van der Waals surface area (Å²) in [6.45, 7) is 2.26. The van der Waals surface area contributed by atoms with E-state index in [9.17, 15) is 0 Å². The quantitative estimate of drug-likeness (QED) is 0.430. The molecule has 0 aliphatic carbocycles. The summed E-state index contributed by atoms with van der Waals surface area (Å²) in [5.41, 5.74) is 1.40. The molecule has 1 aliphatic rings. The average molecular weight is 409 g/mol. The van der Waals surface area contributed by atoms with E-state index in [2.05, 4.69) is 86.7 Å². The summed E-state index contributed by atoms with van der Waals surface area (Å²) in [5.74, 6) is 0. The fourth-order valence-electron chi connectivity index (χ4n) is 2.30. The first-order valence-electron chi connectivity index (χ1n) is 5.87. The molecule has 2 atom stereocenters. The van der Waals surface area contributed by atoms with Gasteiger partial charge >= 0.3 is 0 Å². The minimum Gasteiger partial charge on any atom is -0.304 e. The first kappa shape index (κ1) is 13.8. The van der Waals surface area contributed by atoms with Gasteiger partial charge in [0, 0.05) is 23.6 Å². The van der Waals surface area contributed by atoms with Gasteiger partial charge in [-0.2, -0.15) is 0 Å². The van der Waals surface area contributed by atoms with E-state index < -0.39 is 0 Å². The molecule has 94 valence electrons. The predicted molar refractivity (Wildman–Crippen MR) is 84.5 cm³/mol. The van der Waals surface area contributed by atoms with Gasteiger partial charge < -0.3 is 4.90 Å². The molecule has 0 saturated carbocycles. The lowest BCUT2D eigenvalue weighted by atomic mass is 10.2. The van der Waals surface area contributed by atoms with Crippen molar-refractivity contribution >= 4 is 38.5 Å². The van der Waals surface area contributed by atoms with E-state index in [1.807, 2.05) is 0 Å². The maximum Gasteiger partial charge on any atom is 0.0779 e. The van der Waals surface area contributed by atoms with Crippen molar-refractivity contribution in [2.75, 3.05) is 20.6 Å². The third-order valence-electron chi connectivity index (χ3n) is 3.34. The standard InChI is InChI=1S/C13H18BrIN2/c1-16(2)12-7-8-17(13(12)15)9-10-3-5-11(14)6-4-10/h3-6,12-13H,7-9H2,1-2H3. The third kappa shape index (κ3) is 3.43. The number of hydrogen-bond donors (Lipinski definition) is 0. The number of benzene rings is 1. The monoisotopic (exact) mass is 408 g/mol. The summed E-state index contributed by atoms with van der Waals surface area (Å²) in [7, 11) is 4.36. The third-order valence-corrected chi connectivity index (χ3v) is 5.49. The first-order chi connectivity index (χ1) is 8.08. The van der Waals surface area contributed by atoms with E-state index in [1.54, 1.807) is 0 Å². The predicted octanol–water partition coefficient (Wildman–Crippen LogP) is 3.35. The molecule has 2 rings (SSSR count). The molecule has 0 radical (unpaired) electrons. The lowest BCUT2D eigenvalue weighted by molar-refractivity contribution is 0.252. The first-order valence-corrected chi connectivity index (χ1v) is 7.91. The maximum atomic E-state index is 3.48. The zero-order chi connectivity index (χ0) is 12.4. The Kier molecular flexibility index (Phi) is 4.86. The van der Waals surface area contributed by atoms with Crippen molar-refractivity contribution in [3.63, 3.8) is 0 Å². The van der Waals surface area contributed by atoms with Crippen LogP contribution in [0.4, 0.5) is 0 Å². The van der Waals surface area contributed by atoms with Crippen molar-refractivity contribution in [1.29, 1.82) is 0 Å². The molecule has 1 fully saturated rings. The van der Waals surface area contributed by atoms with E-state index >= 15 is 0 Å². The van der Waals surface area contributed by atoms with Crippen LogP contribution in [0.25, 0.3) is 0 Å². The van der Waals surface area contributed by atoms with Crippen molar-refractivity contribution in [1.82, 2.24) is 9.80 Å². The number of alkyl halides is 1. The zero-order valence-corrected chi connectivity index (χ0v) is 14.0. The highest BCUT2D eigenvalue weighted by Crippen LogP contribution is 2.28. The summed E-state index contributed by atoms with van der Waals surface area (Å²) in [5, 5.41) is 0. The van der Waals surface area contributed by atoms with Gasteiger partial charge in [0.05, 0.1) is 4.05 Å². The van der Waals surface area contributed by atoms with Crippen molar-refractivity contribution < 1.29 is 0 Å². The largest absolute Gasteiger partial charge is 0.304 e. The number of likely N-dealkylation sites (tertiary alicyclic amines) is 1. The van der Waals surface area contributed by atoms with Gasteiger partial charge in [-0.25, -0.2) is 0 Å². The van der Waals surface area contributed by atoms with Crippen LogP contribution in [0.2, 0.25) is 0 Å². The zero-order valence-electron chi connectivity index (χ0n) is 10.2. The molecule has 1 aromatic rings. The lowest BCUT2D eigenvalue weighted by Crippen LogP contribution is -2.37. The molecule has 17 heavy (non-hydrogen) atoms. The highest BCUT2D eigenvalue weighted by atomic mass is 127. The van der Waals surface area contributed by atoms with Crippen molar-refractivity contribution in [2.24, 2.45) is 0 Å². The summed E-state index contributed by atoms with van der Waals surface area (Å²) in [4.78, 5) is 4.91. The Morgan fingerprint density at radius 1 is 1.35 bits per heavy atom. The van der Waals surface area contributed by atoms with Crippen molar-refractivity contribution in [3.8, 4) is 0 Å². The van der Waals surface area contributed by atoms with Crippen LogP contribution in [-0.4, -0.2) is 40.5 Å². The molecule has 2 nitrogen and oxygen atoms in total. The van der Waals surface area contributed by atoms with E-state index in [0.717, 1.165) is 11.0 Å². The molecule has 1 aliphatic heterocycles. The topological polar surface area (TPSA) is 6.48 Å². The summed E-state index contributed by atoms with van der Waals surface area (Å²) in [6.07, 6.45) is 1.27. The molecule has 1 heterocycles. The molecular weight excluding hydrogens is 391 g/mol. The van der Waals surface area contributed by atoms with Crippen LogP contribution < -0.4 is 0 Å². The van der Waals surface area contributed by atoms with E-state index in [4.69, 9.17) is 0 Å². The number of halogens is 2. The van der Waals surface area contributed by atoms with Crippen LogP contribution in [-0.2, 0) is 6.54 Å². The second-order valence-corrected chi connectivity index (χ2v) is 6.98. The fourth-order valence-corrected chi connectivity index (χ4v) is 4.04. The van der Waals surface area contributed by atoms with Gasteiger partial charge in [0.1, 0.15) is 0 Å². The van der Waals surface area contributed by atoms with Gasteiger partial charge in [-0.1, -0.05) is 50.7 Å². The van der Waals surface area contributed by atoms with Crippen LogP contribution in [0.15, 0.2) is 28.7 Å². The fraction of sp³-hybridized carbons (Fsp3) is 0.538. The Bertz CT molecular complexity index is 366. The van der Waals surface area contributed by atoms with Gasteiger partial charge in [0.25, 0.3) is 0 Å². The van der Waals surface area contributed by atoms with Gasteiger partial charge in [-0.3, -0.25) is 4.90 Å². The number of likely N-dealkylation sites (N-methyl/N-ethyl adjacent to an activating group) is 1. The van der Waals surface area contributed by atoms with Crippen molar-refractivity contribution in [2.45, 2.75) is 23.1 Å². The molecule has 0 N–H and O–H groups in total. The Hall–Kier alpha value is 0.350. The molecule has 0 aromatic heterocycles. The van der Waals surface area contributed by atoms with Crippen LogP contribution in [0.3, 0.4) is 0 Å². The minimum atomic E-state index is 0.617. The summed E-state index contributed by atoms with van der Waals surface area (Å²) in [6, 6.07) is 9.34. The molecule has 2 unspecified atom stereocenters. The normalized spacial score (nSPS) is 25.7. The highest BCUT2D eigenvalue weighted by Gasteiger charge is 2.32. The Morgan fingerprint density at radius 3 is 2.53 bits per heavy atom. The van der Waals surface area contributed by atoms with Crippen LogP contribution >= 0.6 is 38.5 Å². The van der Waals surface area contributed by atoms with E-state index in [-0.39, 0.29) is 0 Å². The lowest BCUT2D eigenvalue weighted by Gasteiger charge is -2.26. The molecule has 1 aromatic carbocycles. The summed E-state index contributed by atoms with van der Waals surface area (Å²) >= 11 is 6.06. The van der Waals surface area contributed by atoms with E-state index in [0.29, 0.717) is 10.1 Å². The van der Waals surface area contributed by atoms with E-state index in [1.165, 1.54) is 18.5 Å². The molecule has 0 bridgehead atoms. The molecular formula is C13H18BrIN2. The molecule has 1 saturated heterocycles. The maximum absolute atomic E-state index is 3.48. The smallest absolute Gasteiger partial charge is 0.0779 e. The van der Waals surface area contributed by atoms with Gasteiger partial charge in [0.2, 0.25) is 0 Å². The SMILES string of the molecule is CN(C)C1CCN(Cc2ccc(Br)cc2)C1I.